The van der Waals surface area contributed by atoms with Gasteiger partial charge in [0.05, 0.1) is 18.8 Å². The molecular weight excluding hydrogens is 468 g/mol. The molecule has 0 N–H and O–H groups in total. The van der Waals surface area contributed by atoms with Gasteiger partial charge in [-0.1, -0.05) is 11.6 Å². The molecule has 3 aromatic rings. The number of fused-ring (bicyclic) bond motifs is 3. The Balaban J connectivity index is 1.40. The van der Waals surface area contributed by atoms with E-state index in [1.54, 1.807) is 11.1 Å². The van der Waals surface area contributed by atoms with Crippen molar-refractivity contribution in [1.82, 2.24) is 29.9 Å². The minimum Gasteiger partial charge on any atom is -0.473 e. The molecule has 0 saturated heterocycles. The normalized spacial score (nSPS) is 19.9. The highest BCUT2D eigenvalue weighted by atomic mass is 35.5. The molecule has 0 spiro atoms. The van der Waals surface area contributed by atoms with Crippen LogP contribution in [0.3, 0.4) is 0 Å². The van der Waals surface area contributed by atoms with Crippen molar-refractivity contribution in [2.45, 2.75) is 77.2 Å². The lowest BCUT2D eigenvalue weighted by Crippen LogP contribution is -2.35. The van der Waals surface area contributed by atoms with Gasteiger partial charge in [-0.15, -0.1) is 15.3 Å². The number of hydrogen-bond acceptors (Lipinski definition) is 7. The Bertz CT molecular complexity index is 1200. The van der Waals surface area contributed by atoms with E-state index in [0.717, 1.165) is 42.8 Å². The Morgan fingerprint density at radius 3 is 2.57 bits per heavy atom. The van der Waals surface area contributed by atoms with E-state index in [9.17, 15) is 4.79 Å². The summed E-state index contributed by atoms with van der Waals surface area (Å²) in [4.78, 5) is 14.6. The fourth-order valence-corrected chi connectivity index (χ4v) is 4.90. The van der Waals surface area contributed by atoms with Gasteiger partial charge >= 0.3 is 6.09 Å². The summed E-state index contributed by atoms with van der Waals surface area (Å²) in [7, 11) is 0. The number of benzene rings is 1. The second kappa shape index (κ2) is 9.45. The first-order valence-electron chi connectivity index (χ1n) is 11.9. The average molecular weight is 497 g/mol. The third-order valence-corrected chi connectivity index (χ3v) is 6.49. The highest BCUT2D eigenvalue weighted by Crippen LogP contribution is 2.37. The van der Waals surface area contributed by atoms with Crippen LogP contribution in [0.15, 0.2) is 36.5 Å². The lowest BCUT2D eigenvalue weighted by atomic mass is 9.86. The molecule has 35 heavy (non-hydrogen) atoms. The Hall–Kier alpha value is -3.20. The largest absolute Gasteiger partial charge is 0.473 e. The third kappa shape index (κ3) is 5.24. The first-order chi connectivity index (χ1) is 16.8. The number of ether oxygens (including phenoxy) is 2. The van der Waals surface area contributed by atoms with Crippen molar-refractivity contribution in [2.75, 3.05) is 0 Å². The zero-order valence-electron chi connectivity index (χ0n) is 20.1. The van der Waals surface area contributed by atoms with Crippen LogP contribution in [0.2, 0.25) is 5.02 Å². The number of carbonyl (C=O) groups excluding carboxylic acids is 1. The molecule has 1 amide bonds. The van der Waals surface area contributed by atoms with Crippen molar-refractivity contribution >= 4 is 17.7 Å². The topological polar surface area (TPSA) is 95.3 Å². The summed E-state index contributed by atoms with van der Waals surface area (Å²) in [5.74, 6) is 2.41. The molecule has 0 unspecified atom stereocenters. The molecular formula is C25H29ClN6O3. The van der Waals surface area contributed by atoms with Crippen molar-refractivity contribution in [1.29, 1.82) is 0 Å². The van der Waals surface area contributed by atoms with Gasteiger partial charge in [-0.2, -0.15) is 5.10 Å². The molecule has 0 atom stereocenters. The van der Waals surface area contributed by atoms with Gasteiger partial charge in [0.2, 0.25) is 5.88 Å². The van der Waals surface area contributed by atoms with Crippen LogP contribution in [0.1, 0.15) is 69.6 Å². The Kier molecular flexibility index (Phi) is 6.35. The van der Waals surface area contributed by atoms with Crippen molar-refractivity contribution < 1.29 is 14.3 Å². The molecule has 0 radical (unpaired) electrons. The van der Waals surface area contributed by atoms with E-state index in [0.29, 0.717) is 29.8 Å². The summed E-state index contributed by atoms with van der Waals surface area (Å²) >= 11 is 6.34. The second-order valence-electron chi connectivity index (χ2n) is 10.1. The van der Waals surface area contributed by atoms with E-state index in [1.165, 1.54) is 0 Å². The van der Waals surface area contributed by atoms with Crippen LogP contribution >= 0.6 is 11.6 Å². The average Bonchev–Trinajstić information content (AvgIpc) is 3.15. The Morgan fingerprint density at radius 1 is 1.06 bits per heavy atom. The molecule has 2 aromatic heterocycles. The molecule has 1 saturated carbocycles. The maximum atomic E-state index is 13.0. The molecule has 184 valence electrons. The number of amides is 1. The summed E-state index contributed by atoms with van der Waals surface area (Å²) in [6, 6.07) is 9.40. The van der Waals surface area contributed by atoms with E-state index in [1.807, 2.05) is 51.1 Å². The number of nitrogens with zero attached hydrogens (tertiary/aromatic N) is 6. The first kappa shape index (κ1) is 23.5. The van der Waals surface area contributed by atoms with Crippen LogP contribution in [0.4, 0.5) is 4.79 Å². The van der Waals surface area contributed by atoms with Gasteiger partial charge in [0.1, 0.15) is 17.5 Å². The first-order valence-corrected chi connectivity index (χ1v) is 12.3. The highest BCUT2D eigenvalue weighted by molar-refractivity contribution is 6.30. The quantitative estimate of drug-likeness (QED) is 0.499. The summed E-state index contributed by atoms with van der Waals surface area (Å²) in [5.41, 5.74) is 1.29. The molecule has 1 aliphatic carbocycles. The van der Waals surface area contributed by atoms with Gasteiger partial charge in [0.15, 0.2) is 5.82 Å². The lowest BCUT2D eigenvalue weighted by molar-refractivity contribution is 0.0214. The van der Waals surface area contributed by atoms with Crippen LogP contribution < -0.4 is 4.74 Å². The van der Waals surface area contributed by atoms with Gasteiger partial charge in [-0.25, -0.2) is 4.79 Å². The van der Waals surface area contributed by atoms with Crippen LogP contribution in [0.5, 0.6) is 5.88 Å². The molecule has 1 fully saturated rings. The van der Waals surface area contributed by atoms with Gasteiger partial charge in [-0.05, 0) is 76.3 Å². The molecule has 5 rings (SSSR count). The number of halogens is 1. The van der Waals surface area contributed by atoms with Gasteiger partial charge < -0.3 is 9.47 Å². The maximum absolute atomic E-state index is 13.0. The second-order valence-corrected chi connectivity index (χ2v) is 10.5. The minimum absolute atomic E-state index is 0.100. The predicted octanol–water partition coefficient (Wildman–Crippen LogP) is 5.07. The molecule has 1 aromatic carbocycles. The van der Waals surface area contributed by atoms with Gasteiger partial charge in [0, 0.05) is 23.2 Å². The molecule has 0 bridgehead atoms. The fraction of sp³-hybridized carbons (Fsp3) is 0.480. The number of hydrogen-bond donors (Lipinski definition) is 0. The van der Waals surface area contributed by atoms with E-state index in [-0.39, 0.29) is 18.1 Å². The Labute approximate surface area is 209 Å². The zero-order valence-corrected chi connectivity index (χ0v) is 20.9. The Morgan fingerprint density at radius 2 is 1.86 bits per heavy atom. The summed E-state index contributed by atoms with van der Waals surface area (Å²) < 4.78 is 13.8. The standard InChI is InChI=1S/C25H29ClN6O3/c1-25(2,3)35-24(33)31-14-17-13-18(26)8-11-20(17)32-21(15-31)28-30-23(32)16-6-9-19(10-7-16)34-22-5-4-12-27-29-22/h4-5,8,11-13,16,19H,6-7,9-10,14-15H2,1-3H3/t16-,19+. The summed E-state index contributed by atoms with van der Waals surface area (Å²) in [6.45, 7) is 6.27. The zero-order chi connectivity index (χ0) is 24.6. The predicted molar refractivity (Wildman–Crippen MR) is 130 cm³/mol. The van der Waals surface area contributed by atoms with Crippen molar-refractivity contribution in [3.8, 4) is 11.6 Å². The number of rotatable bonds is 3. The molecule has 3 heterocycles. The van der Waals surface area contributed by atoms with Crippen LogP contribution in [0, 0.1) is 0 Å². The van der Waals surface area contributed by atoms with E-state index < -0.39 is 5.60 Å². The van der Waals surface area contributed by atoms with E-state index >= 15 is 0 Å². The minimum atomic E-state index is -0.592. The van der Waals surface area contributed by atoms with E-state index in [4.69, 9.17) is 21.1 Å². The maximum Gasteiger partial charge on any atom is 0.411 e. The monoisotopic (exact) mass is 496 g/mol. The van der Waals surface area contributed by atoms with Crippen LogP contribution in [-0.4, -0.2) is 47.7 Å². The number of carbonyl (C=O) groups is 1. The third-order valence-electron chi connectivity index (χ3n) is 6.26. The fourth-order valence-electron chi connectivity index (χ4n) is 4.71. The summed E-state index contributed by atoms with van der Waals surface area (Å²) in [6.07, 6.45) is 4.97. The molecule has 10 heteroatoms. The van der Waals surface area contributed by atoms with Crippen LogP contribution in [0.25, 0.3) is 5.69 Å². The van der Waals surface area contributed by atoms with Crippen molar-refractivity contribution in [2.24, 2.45) is 0 Å². The molecule has 9 nitrogen and oxygen atoms in total. The number of aromatic nitrogens is 5. The smallest absolute Gasteiger partial charge is 0.411 e. The lowest BCUT2D eigenvalue weighted by Gasteiger charge is -2.28. The van der Waals surface area contributed by atoms with Gasteiger partial charge in [0.25, 0.3) is 0 Å². The molecule has 1 aliphatic heterocycles. The van der Waals surface area contributed by atoms with Gasteiger partial charge in [-0.3, -0.25) is 9.47 Å². The van der Waals surface area contributed by atoms with Crippen molar-refractivity contribution in [3.05, 3.63) is 58.8 Å². The van der Waals surface area contributed by atoms with E-state index in [2.05, 4.69) is 25.0 Å². The van der Waals surface area contributed by atoms with Crippen LogP contribution in [-0.2, 0) is 17.8 Å². The molecule has 2 aliphatic rings. The SMILES string of the molecule is CC(C)(C)OC(=O)N1Cc2cc(Cl)ccc2-n2c(nnc2[C@H]2CC[C@@H](Oc3cccnn3)CC2)C1. The van der Waals surface area contributed by atoms with Crippen molar-refractivity contribution in [3.63, 3.8) is 0 Å². The highest BCUT2D eigenvalue weighted by Gasteiger charge is 2.33. The summed E-state index contributed by atoms with van der Waals surface area (Å²) in [5, 5.41) is 17.6.